The number of nitrogens with two attached hydrogens (primary N) is 1. The molecule has 0 aliphatic rings. The van der Waals surface area contributed by atoms with E-state index in [9.17, 15) is 0 Å². The van der Waals surface area contributed by atoms with Crippen molar-refractivity contribution in [3.63, 3.8) is 0 Å². The van der Waals surface area contributed by atoms with E-state index in [0.29, 0.717) is 6.61 Å². The molecule has 0 fully saturated rings. The van der Waals surface area contributed by atoms with Crippen LogP contribution in [-0.2, 0) is 13.1 Å². The number of furan rings is 1. The normalized spacial score (nSPS) is 10.6. The first-order valence-electron chi connectivity index (χ1n) is 6.05. The number of rotatable bonds is 6. The Morgan fingerprint density at radius 3 is 2.89 bits per heavy atom. The molecule has 0 aliphatic heterocycles. The van der Waals surface area contributed by atoms with Crippen molar-refractivity contribution in [3.05, 3.63) is 52.9 Å². The van der Waals surface area contributed by atoms with E-state index in [1.807, 2.05) is 37.3 Å². The maximum absolute atomic E-state index is 6.01. The minimum atomic E-state index is 0.660. The van der Waals surface area contributed by atoms with Gasteiger partial charge in [0, 0.05) is 10.6 Å². The van der Waals surface area contributed by atoms with Crippen LogP contribution in [0.3, 0.4) is 0 Å². The average molecular weight is 267 g/mol. The van der Waals surface area contributed by atoms with E-state index in [-0.39, 0.29) is 0 Å². The van der Waals surface area contributed by atoms with Gasteiger partial charge in [0.2, 0.25) is 0 Å². The zero-order valence-corrected chi connectivity index (χ0v) is 11.1. The average Bonchev–Trinajstić information content (AvgIpc) is 2.86. The van der Waals surface area contributed by atoms with Crippen molar-refractivity contribution in [2.75, 3.05) is 6.61 Å². The second-order valence-corrected chi connectivity index (χ2v) is 4.40. The van der Waals surface area contributed by atoms with Gasteiger partial charge in [-0.1, -0.05) is 11.6 Å². The molecule has 2 N–H and O–H groups in total. The predicted octanol–water partition coefficient (Wildman–Crippen LogP) is 2.60. The van der Waals surface area contributed by atoms with Crippen LogP contribution in [0.25, 0.3) is 0 Å². The summed E-state index contributed by atoms with van der Waals surface area (Å²) < 4.78 is 10.9. The Morgan fingerprint density at radius 1 is 1.28 bits per heavy atom. The molecule has 0 radical (unpaired) electrons. The fourth-order valence-electron chi connectivity index (χ4n) is 1.80. The van der Waals surface area contributed by atoms with Crippen molar-refractivity contribution in [2.24, 2.45) is 0 Å². The van der Waals surface area contributed by atoms with Gasteiger partial charge in [0.15, 0.2) is 5.76 Å². The Bertz CT molecular complexity index is 483. The van der Waals surface area contributed by atoms with E-state index < -0.39 is 0 Å². The van der Waals surface area contributed by atoms with Crippen molar-refractivity contribution in [1.29, 1.82) is 0 Å². The molecule has 3 nitrogen and oxygen atoms in total. The van der Waals surface area contributed by atoms with Gasteiger partial charge in [-0.25, -0.2) is 0 Å². The van der Waals surface area contributed by atoms with Gasteiger partial charge < -0.3 is 14.5 Å². The lowest BCUT2D eigenvalue weighted by Gasteiger charge is -2.09. The number of benzene rings is 1. The van der Waals surface area contributed by atoms with Gasteiger partial charge in [0.1, 0.15) is 18.8 Å². The van der Waals surface area contributed by atoms with Gasteiger partial charge in [-0.3, -0.25) is 0 Å². The summed E-state index contributed by atoms with van der Waals surface area (Å²) in [5, 5.41) is 2.90. The first-order chi connectivity index (χ1) is 8.79. The summed E-state index contributed by atoms with van der Waals surface area (Å²) in [4.78, 5) is 0. The minimum Gasteiger partial charge on any atom is -0.493 e. The first kappa shape index (κ1) is 13.0. The van der Waals surface area contributed by atoms with E-state index in [4.69, 9.17) is 20.8 Å². The summed E-state index contributed by atoms with van der Waals surface area (Å²) in [6.45, 7) is 4.26. The largest absolute Gasteiger partial charge is 0.493 e. The van der Waals surface area contributed by atoms with Crippen LogP contribution in [0.5, 0.6) is 5.75 Å². The van der Waals surface area contributed by atoms with Gasteiger partial charge >= 0.3 is 0 Å². The molecule has 0 saturated heterocycles. The van der Waals surface area contributed by atoms with Crippen molar-refractivity contribution >= 4 is 11.6 Å². The summed E-state index contributed by atoms with van der Waals surface area (Å²) in [5.41, 5.74) is 1.11. The van der Waals surface area contributed by atoms with Crippen molar-refractivity contribution in [1.82, 2.24) is 0 Å². The molecule has 96 valence electrons. The zero-order chi connectivity index (χ0) is 12.8. The van der Waals surface area contributed by atoms with E-state index in [0.717, 1.165) is 35.2 Å². The zero-order valence-electron chi connectivity index (χ0n) is 10.4. The maximum atomic E-state index is 6.01. The standard InChI is InChI=1S/C14H16ClNO2/c1-2-17-14-6-5-12(15)8-11(14)9-16-10-13-4-3-7-18-13/h3-8,16H,2,9-10H2,1H3/p+1. The molecule has 1 aromatic heterocycles. The van der Waals surface area contributed by atoms with Crippen LogP contribution in [0.15, 0.2) is 41.0 Å². The fourth-order valence-corrected chi connectivity index (χ4v) is 2.00. The van der Waals surface area contributed by atoms with Crippen LogP contribution in [0.4, 0.5) is 0 Å². The molecule has 0 saturated carbocycles. The SMILES string of the molecule is CCOc1ccc(Cl)cc1C[NH2+]Cc1ccco1. The highest BCUT2D eigenvalue weighted by atomic mass is 35.5. The molecule has 1 aromatic carbocycles. The van der Waals surface area contributed by atoms with Crippen LogP contribution >= 0.6 is 11.6 Å². The van der Waals surface area contributed by atoms with Crippen molar-refractivity contribution in [3.8, 4) is 5.75 Å². The molecule has 0 spiro atoms. The molecule has 0 amide bonds. The summed E-state index contributed by atoms with van der Waals surface area (Å²) >= 11 is 6.01. The highest BCUT2D eigenvalue weighted by Crippen LogP contribution is 2.22. The lowest BCUT2D eigenvalue weighted by atomic mass is 10.2. The number of hydrogen-bond acceptors (Lipinski definition) is 2. The van der Waals surface area contributed by atoms with Crippen LogP contribution < -0.4 is 10.1 Å². The quantitative estimate of drug-likeness (QED) is 0.873. The summed E-state index contributed by atoms with van der Waals surface area (Å²) in [5.74, 6) is 1.87. The topological polar surface area (TPSA) is 39.0 Å². The molecule has 0 aliphatic carbocycles. The maximum Gasteiger partial charge on any atom is 0.157 e. The molecular formula is C14H17ClNO2+. The van der Waals surface area contributed by atoms with Crippen LogP contribution in [0.1, 0.15) is 18.2 Å². The van der Waals surface area contributed by atoms with E-state index >= 15 is 0 Å². The van der Waals surface area contributed by atoms with Gasteiger partial charge in [-0.15, -0.1) is 0 Å². The van der Waals surface area contributed by atoms with Gasteiger partial charge in [-0.2, -0.15) is 0 Å². The Labute approximate surface area is 112 Å². The molecule has 0 unspecified atom stereocenters. The highest BCUT2D eigenvalue weighted by molar-refractivity contribution is 6.30. The van der Waals surface area contributed by atoms with Crippen LogP contribution in [0, 0.1) is 0 Å². The second kappa shape index (κ2) is 6.47. The van der Waals surface area contributed by atoms with Crippen molar-refractivity contribution in [2.45, 2.75) is 20.0 Å². The first-order valence-corrected chi connectivity index (χ1v) is 6.42. The molecular weight excluding hydrogens is 250 g/mol. The number of hydrogen-bond donors (Lipinski definition) is 1. The summed E-state index contributed by atoms with van der Waals surface area (Å²) in [6.07, 6.45) is 1.69. The molecule has 4 heteroatoms. The summed E-state index contributed by atoms with van der Waals surface area (Å²) in [6, 6.07) is 9.59. The fraction of sp³-hybridized carbons (Fsp3) is 0.286. The summed E-state index contributed by atoms with van der Waals surface area (Å²) in [7, 11) is 0. The Hall–Kier alpha value is -1.45. The monoisotopic (exact) mass is 266 g/mol. The third-order valence-electron chi connectivity index (χ3n) is 2.61. The molecule has 2 aromatic rings. The van der Waals surface area contributed by atoms with Gasteiger partial charge in [0.05, 0.1) is 12.9 Å². The Balaban J connectivity index is 1.96. The Kier molecular flexibility index (Phi) is 4.67. The number of quaternary nitrogens is 1. The van der Waals surface area contributed by atoms with Gasteiger partial charge in [0.25, 0.3) is 0 Å². The number of ether oxygens (including phenoxy) is 1. The van der Waals surface area contributed by atoms with Crippen LogP contribution in [0.2, 0.25) is 5.02 Å². The number of halogens is 1. The predicted molar refractivity (Wildman–Crippen MR) is 70.7 cm³/mol. The molecule has 0 bridgehead atoms. The lowest BCUT2D eigenvalue weighted by Crippen LogP contribution is -2.80. The third-order valence-corrected chi connectivity index (χ3v) is 2.85. The third kappa shape index (κ3) is 3.52. The van der Waals surface area contributed by atoms with E-state index in [1.165, 1.54) is 0 Å². The van der Waals surface area contributed by atoms with E-state index in [1.54, 1.807) is 6.26 Å². The lowest BCUT2D eigenvalue weighted by molar-refractivity contribution is -0.688. The minimum absolute atomic E-state index is 0.660. The smallest absolute Gasteiger partial charge is 0.157 e. The molecule has 1 heterocycles. The second-order valence-electron chi connectivity index (χ2n) is 3.96. The van der Waals surface area contributed by atoms with Crippen LogP contribution in [-0.4, -0.2) is 6.61 Å². The van der Waals surface area contributed by atoms with Crippen molar-refractivity contribution < 1.29 is 14.5 Å². The molecule has 18 heavy (non-hydrogen) atoms. The molecule has 2 rings (SSSR count). The molecule has 0 atom stereocenters. The van der Waals surface area contributed by atoms with Gasteiger partial charge in [-0.05, 0) is 37.3 Å². The van der Waals surface area contributed by atoms with E-state index in [2.05, 4.69) is 5.32 Å². The highest BCUT2D eigenvalue weighted by Gasteiger charge is 2.07. The Morgan fingerprint density at radius 2 is 2.17 bits per heavy atom.